The van der Waals surface area contributed by atoms with E-state index >= 15 is 0 Å². The summed E-state index contributed by atoms with van der Waals surface area (Å²) < 4.78 is 0. The second-order valence-corrected chi connectivity index (χ2v) is 5.84. The van der Waals surface area contributed by atoms with Gasteiger partial charge in [0, 0.05) is 16.9 Å². The van der Waals surface area contributed by atoms with Crippen molar-refractivity contribution in [3.63, 3.8) is 0 Å². The lowest BCUT2D eigenvalue weighted by atomic mass is 9.96. The van der Waals surface area contributed by atoms with Gasteiger partial charge in [0.15, 0.2) is 0 Å². The molecule has 3 nitrogen and oxygen atoms in total. The maximum Gasteiger partial charge on any atom is 0.132 e. The molecule has 0 spiro atoms. The van der Waals surface area contributed by atoms with Crippen LogP contribution in [0.5, 0.6) is 0 Å². The SMILES string of the molecule is Cl.c1ccc(-c2nc(C3CCNCC3)nc3ccccc23)cc1. The van der Waals surface area contributed by atoms with Crippen LogP contribution in [0.3, 0.4) is 0 Å². The van der Waals surface area contributed by atoms with E-state index in [4.69, 9.17) is 9.97 Å². The number of nitrogens with zero attached hydrogens (tertiary/aromatic N) is 2. The number of piperidine rings is 1. The van der Waals surface area contributed by atoms with Crippen LogP contribution in [0.1, 0.15) is 24.6 Å². The predicted molar refractivity (Wildman–Crippen MR) is 97.1 cm³/mol. The molecule has 0 amide bonds. The lowest BCUT2D eigenvalue weighted by Gasteiger charge is -2.22. The van der Waals surface area contributed by atoms with Crippen molar-refractivity contribution in [3.8, 4) is 11.3 Å². The first-order chi connectivity index (χ1) is 10.9. The fourth-order valence-electron chi connectivity index (χ4n) is 3.17. The highest BCUT2D eigenvalue weighted by Gasteiger charge is 2.20. The van der Waals surface area contributed by atoms with Crippen molar-refractivity contribution < 1.29 is 0 Å². The minimum atomic E-state index is 0. The summed E-state index contributed by atoms with van der Waals surface area (Å²) in [6.45, 7) is 2.11. The second-order valence-electron chi connectivity index (χ2n) is 5.84. The average Bonchev–Trinajstić information content (AvgIpc) is 2.62. The normalized spacial score (nSPS) is 15.3. The van der Waals surface area contributed by atoms with Crippen molar-refractivity contribution in [2.75, 3.05) is 13.1 Å². The third-order valence-electron chi connectivity index (χ3n) is 4.37. The monoisotopic (exact) mass is 325 g/mol. The topological polar surface area (TPSA) is 37.8 Å². The molecule has 0 saturated carbocycles. The molecule has 4 rings (SSSR count). The maximum atomic E-state index is 4.96. The van der Waals surface area contributed by atoms with Crippen molar-refractivity contribution in [3.05, 3.63) is 60.4 Å². The number of rotatable bonds is 2. The van der Waals surface area contributed by atoms with E-state index in [9.17, 15) is 0 Å². The van der Waals surface area contributed by atoms with E-state index in [1.807, 2.05) is 6.07 Å². The molecule has 1 fully saturated rings. The molecule has 1 aliphatic rings. The van der Waals surface area contributed by atoms with Gasteiger partial charge in [-0.2, -0.15) is 0 Å². The van der Waals surface area contributed by atoms with Gasteiger partial charge in [-0.05, 0) is 32.0 Å². The molecule has 2 heterocycles. The standard InChI is InChI=1S/C19H19N3.ClH/c1-2-6-14(7-3-1)18-16-8-4-5-9-17(16)21-19(22-18)15-10-12-20-13-11-15;/h1-9,15,20H,10-13H2;1H. The summed E-state index contributed by atoms with van der Waals surface area (Å²) in [5, 5.41) is 4.54. The number of nitrogens with one attached hydrogen (secondary N) is 1. The van der Waals surface area contributed by atoms with Crippen molar-refractivity contribution in [1.82, 2.24) is 15.3 Å². The zero-order valence-electron chi connectivity index (χ0n) is 12.9. The van der Waals surface area contributed by atoms with Crippen LogP contribution >= 0.6 is 12.4 Å². The first-order valence-electron chi connectivity index (χ1n) is 7.94. The zero-order chi connectivity index (χ0) is 14.8. The smallest absolute Gasteiger partial charge is 0.132 e. The molecular weight excluding hydrogens is 306 g/mol. The highest BCUT2D eigenvalue weighted by molar-refractivity contribution is 5.92. The molecule has 1 saturated heterocycles. The second kappa shape index (κ2) is 7.07. The van der Waals surface area contributed by atoms with Gasteiger partial charge < -0.3 is 5.32 Å². The summed E-state index contributed by atoms with van der Waals surface area (Å²) in [4.78, 5) is 9.80. The largest absolute Gasteiger partial charge is 0.317 e. The van der Waals surface area contributed by atoms with Gasteiger partial charge in [0.2, 0.25) is 0 Å². The Kier molecular flexibility index (Phi) is 4.89. The molecule has 118 valence electrons. The van der Waals surface area contributed by atoms with Crippen LogP contribution < -0.4 is 5.32 Å². The Morgan fingerprint density at radius 2 is 1.52 bits per heavy atom. The third kappa shape index (κ3) is 3.21. The quantitative estimate of drug-likeness (QED) is 0.768. The number of fused-ring (bicyclic) bond motifs is 1. The van der Waals surface area contributed by atoms with Crippen LogP contribution in [0.4, 0.5) is 0 Å². The molecule has 0 unspecified atom stereocenters. The molecule has 2 aromatic carbocycles. The van der Waals surface area contributed by atoms with E-state index in [0.717, 1.165) is 53.9 Å². The lowest BCUT2D eigenvalue weighted by Crippen LogP contribution is -2.27. The molecule has 0 bridgehead atoms. The Balaban J connectivity index is 0.00000156. The van der Waals surface area contributed by atoms with Crippen molar-refractivity contribution in [2.24, 2.45) is 0 Å². The number of para-hydroxylation sites is 1. The molecule has 1 aromatic heterocycles. The fourth-order valence-corrected chi connectivity index (χ4v) is 3.17. The van der Waals surface area contributed by atoms with E-state index in [1.54, 1.807) is 0 Å². The van der Waals surface area contributed by atoms with E-state index in [-0.39, 0.29) is 12.4 Å². The van der Waals surface area contributed by atoms with Gasteiger partial charge in [0.1, 0.15) is 5.82 Å². The molecule has 0 atom stereocenters. The Morgan fingerprint density at radius 3 is 2.30 bits per heavy atom. The molecule has 1 aliphatic heterocycles. The third-order valence-corrected chi connectivity index (χ3v) is 4.37. The minimum Gasteiger partial charge on any atom is -0.317 e. The fraction of sp³-hybridized carbons (Fsp3) is 0.263. The van der Waals surface area contributed by atoms with Crippen LogP contribution in [0.15, 0.2) is 54.6 Å². The average molecular weight is 326 g/mol. The van der Waals surface area contributed by atoms with Gasteiger partial charge in [-0.1, -0.05) is 48.5 Å². The Morgan fingerprint density at radius 1 is 0.826 bits per heavy atom. The van der Waals surface area contributed by atoms with Crippen molar-refractivity contribution in [1.29, 1.82) is 0 Å². The van der Waals surface area contributed by atoms with E-state index in [1.165, 1.54) is 0 Å². The van der Waals surface area contributed by atoms with Crippen LogP contribution in [0.2, 0.25) is 0 Å². The van der Waals surface area contributed by atoms with Gasteiger partial charge in [-0.15, -0.1) is 12.4 Å². The number of aromatic nitrogens is 2. The highest BCUT2D eigenvalue weighted by atomic mass is 35.5. The van der Waals surface area contributed by atoms with E-state index in [2.05, 4.69) is 53.8 Å². The maximum absolute atomic E-state index is 4.96. The van der Waals surface area contributed by atoms with Gasteiger partial charge in [0.05, 0.1) is 11.2 Å². The summed E-state index contributed by atoms with van der Waals surface area (Å²) in [6, 6.07) is 18.7. The number of hydrogen-bond acceptors (Lipinski definition) is 3. The van der Waals surface area contributed by atoms with Gasteiger partial charge in [0.25, 0.3) is 0 Å². The first kappa shape index (κ1) is 15.9. The van der Waals surface area contributed by atoms with E-state index < -0.39 is 0 Å². The van der Waals surface area contributed by atoms with Crippen LogP contribution in [-0.4, -0.2) is 23.1 Å². The molecule has 0 radical (unpaired) electrons. The van der Waals surface area contributed by atoms with Crippen LogP contribution in [0, 0.1) is 0 Å². The highest BCUT2D eigenvalue weighted by Crippen LogP contribution is 2.30. The molecule has 4 heteroatoms. The summed E-state index contributed by atoms with van der Waals surface area (Å²) >= 11 is 0. The molecule has 3 aromatic rings. The Bertz CT molecular complexity index is 783. The van der Waals surface area contributed by atoms with Crippen LogP contribution in [-0.2, 0) is 0 Å². The Labute approximate surface area is 142 Å². The lowest BCUT2D eigenvalue weighted by molar-refractivity contribution is 0.446. The van der Waals surface area contributed by atoms with Crippen LogP contribution in [0.25, 0.3) is 22.2 Å². The minimum absolute atomic E-state index is 0. The first-order valence-corrected chi connectivity index (χ1v) is 7.94. The summed E-state index contributed by atoms with van der Waals surface area (Å²) in [5.74, 6) is 1.47. The number of halogens is 1. The molecule has 23 heavy (non-hydrogen) atoms. The van der Waals surface area contributed by atoms with Gasteiger partial charge in [-0.3, -0.25) is 0 Å². The number of hydrogen-bond donors (Lipinski definition) is 1. The van der Waals surface area contributed by atoms with Gasteiger partial charge >= 0.3 is 0 Å². The summed E-state index contributed by atoms with van der Waals surface area (Å²) in [6.07, 6.45) is 2.24. The summed E-state index contributed by atoms with van der Waals surface area (Å²) in [5.41, 5.74) is 3.26. The summed E-state index contributed by atoms with van der Waals surface area (Å²) in [7, 11) is 0. The molecule has 1 N–H and O–H groups in total. The molecule has 0 aliphatic carbocycles. The van der Waals surface area contributed by atoms with Crippen molar-refractivity contribution in [2.45, 2.75) is 18.8 Å². The molecular formula is C19H20ClN3. The number of benzene rings is 2. The Hall–Kier alpha value is -1.97. The van der Waals surface area contributed by atoms with E-state index in [0.29, 0.717) is 5.92 Å². The zero-order valence-corrected chi connectivity index (χ0v) is 13.7. The van der Waals surface area contributed by atoms with Crippen molar-refractivity contribution >= 4 is 23.3 Å². The van der Waals surface area contributed by atoms with Gasteiger partial charge in [-0.25, -0.2) is 9.97 Å². The predicted octanol–water partition coefficient (Wildman–Crippen LogP) is 4.19.